The number of pyridine rings is 1. The minimum absolute atomic E-state index is 0.602. The molecule has 2 rings (SSSR count). The molecule has 0 bridgehead atoms. The van der Waals surface area contributed by atoms with Crippen LogP contribution in [0, 0.1) is 11.7 Å². The minimum Gasteiger partial charge on any atom is -0.383 e. The highest BCUT2D eigenvalue weighted by Gasteiger charge is 2.08. The Kier molecular flexibility index (Phi) is 3.65. The maximum atomic E-state index is 5.19. The fraction of sp³-hybridized carbons (Fsp3) is 0.364. The van der Waals surface area contributed by atoms with Crippen molar-refractivity contribution in [3.8, 4) is 11.4 Å². The summed E-state index contributed by atoms with van der Waals surface area (Å²) < 4.78 is 7.59. The normalized spacial score (nSPS) is 10.7. The lowest BCUT2D eigenvalue weighted by Crippen LogP contribution is -2.06. The van der Waals surface area contributed by atoms with Crippen LogP contribution in [-0.4, -0.2) is 33.5 Å². The standard InChI is InChI=1S/C11H14N4OS/c1-8-7-9(3-4-12-8)10-13-14-11(17)15(10)5-6-16-2/h3-4,7H,5-6H2,1-2H3,(H,14,17). The zero-order chi connectivity index (χ0) is 12.3. The molecule has 0 aliphatic heterocycles. The third-order valence-corrected chi connectivity index (χ3v) is 2.74. The van der Waals surface area contributed by atoms with E-state index in [2.05, 4.69) is 15.2 Å². The maximum Gasteiger partial charge on any atom is 0.195 e. The molecule has 0 amide bonds. The Hall–Kier alpha value is -1.53. The molecule has 2 heterocycles. The predicted octanol–water partition coefficient (Wildman–Crippen LogP) is 1.96. The zero-order valence-electron chi connectivity index (χ0n) is 9.80. The number of aromatic amines is 1. The Morgan fingerprint density at radius 3 is 3.06 bits per heavy atom. The first-order valence-corrected chi connectivity index (χ1v) is 5.70. The van der Waals surface area contributed by atoms with Crippen molar-refractivity contribution in [3.05, 3.63) is 28.8 Å². The van der Waals surface area contributed by atoms with Crippen LogP contribution in [0.3, 0.4) is 0 Å². The monoisotopic (exact) mass is 250 g/mol. The van der Waals surface area contributed by atoms with Gasteiger partial charge in [-0.2, -0.15) is 5.10 Å². The minimum atomic E-state index is 0.602. The third kappa shape index (κ3) is 2.59. The van der Waals surface area contributed by atoms with Gasteiger partial charge in [-0.05, 0) is 31.3 Å². The summed E-state index contributed by atoms with van der Waals surface area (Å²) in [6, 6.07) is 3.90. The molecule has 0 aliphatic rings. The summed E-state index contributed by atoms with van der Waals surface area (Å²) in [7, 11) is 1.67. The first kappa shape index (κ1) is 11.9. The van der Waals surface area contributed by atoms with Crippen LogP contribution < -0.4 is 0 Å². The number of rotatable bonds is 4. The zero-order valence-corrected chi connectivity index (χ0v) is 10.6. The molecule has 1 N–H and O–H groups in total. The fourth-order valence-corrected chi connectivity index (χ4v) is 1.84. The molecule has 2 aromatic heterocycles. The molecule has 2 aromatic rings. The summed E-state index contributed by atoms with van der Waals surface area (Å²) in [6.45, 7) is 3.23. The first-order valence-electron chi connectivity index (χ1n) is 5.29. The van der Waals surface area contributed by atoms with E-state index >= 15 is 0 Å². The number of aryl methyl sites for hydroxylation is 1. The predicted molar refractivity (Wildman–Crippen MR) is 67.3 cm³/mol. The molecule has 0 aromatic carbocycles. The van der Waals surface area contributed by atoms with E-state index in [1.807, 2.05) is 23.6 Å². The highest BCUT2D eigenvalue weighted by molar-refractivity contribution is 7.71. The molecule has 0 fully saturated rings. The second-order valence-electron chi connectivity index (χ2n) is 3.68. The highest BCUT2D eigenvalue weighted by Crippen LogP contribution is 2.17. The van der Waals surface area contributed by atoms with Crippen LogP contribution in [0.4, 0.5) is 0 Å². The van der Waals surface area contributed by atoms with Crippen LogP contribution in [0.5, 0.6) is 0 Å². The molecule has 90 valence electrons. The average Bonchev–Trinajstić information content (AvgIpc) is 2.68. The number of aromatic nitrogens is 4. The van der Waals surface area contributed by atoms with Crippen LogP contribution in [0.25, 0.3) is 11.4 Å². The van der Waals surface area contributed by atoms with Crippen molar-refractivity contribution in [1.29, 1.82) is 0 Å². The molecular weight excluding hydrogens is 236 g/mol. The molecule has 6 heteroatoms. The van der Waals surface area contributed by atoms with Gasteiger partial charge in [0.05, 0.1) is 13.2 Å². The van der Waals surface area contributed by atoms with E-state index in [0.717, 1.165) is 17.1 Å². The molecule has 0 saturated carbocycles. The Labute approximate surface area is 104 Å². The van der Waals surface area contributed by atoms with E-state index in [9.17, 15) is 0 Å². The van der Waals surface area contributed by atoms with Gasteiger partial charge in [0, 0.05) is 24.6 Å². The van der Waals surface area contributed by atoms with Gasteiger partial charge in [0.2, 0.25) is 0 Å². The van der Waals surface area contributed by atoms with Gasteiger partial charge in [-0.1, -0.05) is 0 Å². The van der Waals surface area contributed by atoms with E-state index in [-0.39, 0.29) is 0 Å². The Balaban J connectivity index is 2.42. The Morgan fingerprint density at radius 1 is 1.53 bits per heavy atom. The third-order valence-electron chi connectivity index (χ3n) is 2.43. The van der Waals surface area contributed by atoms with Crippen LogP contribution in [0.15, 0.2) is 18.3 Å². The Morgan fingerprint density at radius 2 is 2.35 bits per heavy atom. The van der Waals surface area contributed by atoms with E-state index in [1.165, 1.54) is 0 Å². The SMILES string of the molecule is COCCn1c(-c2ccnc(C)c2)n[nH]c1=S. The second kappa shape index (κ2) is 5.20. The molecular formula is C11H14N4OS. The van der Waals surface area contributed by atoms with Gasteiger partial charge < -0.3 is 4.74 Å². The van der Waals surface area contributed by atoms with E-state index in [4.69, 9.17) is 17.0 Å². The van der Waals surface area contributed by atoms with Gasteiger partial charge in [0.15, 0.2) is 10.6 Å². The first-order chi connectivity index (χ1) is 8.22. The number of ether oxygens (including phenoxy) is 1. The van der Waals surface area contributed by atoms with Gasteiger partial charge in [0.25, 0.3) is 0 Å². The second-order valence-corrected chi connectivity index (χ2v) is 4.07. The molecule has 0 radical (unpaired) electrons. The van der Waals surface area contributed by atoms with Gasteiger partial charge in [-0.25, -0.2) is 0 Å². The fourth-order valence-electron chi connectivity index (χ4n) is 1.61. The Bertz CT molecular complexity index is 561. The lowest BCUT2D eigenvalue weighted by Gasteiger charge is -2.06. The molecule has 0 atom stereocenters. The highest BCUT2D eigenvalue weighted by atomic mass is 32.1. The van der Waals surface area contributed by atoms with E-state index < -0.39 is 0 Å². The lowest BCUT2D eigenvalue weighted by atomic mass is 10.2. The van der Waals surface area contributed by atoms with E-state index in [0.29, 0.717) is 17.9 Å². The average molecular weight is 250 g/mol. The van der Waals surface area contributed by atoms with Crippen LogP contribution >= 0.6 is 12.2 Å². The summed E-state index contributed by atoms with van der Waals surface area (Å²) in [4.78, 5) is 4.17. The molecule has 17 heavy (non-hydrogen) atoms. The van der Waals surface area contributed by atoms with Crippen molar-refractivity contribution in [1.82, 2.24) is 19.7 Å². The van der Waals surface area contributed by atoms with E-state index in [1.54, 1.807) is 13.3 Å². The molecule has 0 spiro atoms. The summed E-state index contributed by atoms with van der Waals surface area (Å²) >= 11 is 5.19. The van der Waals surface area contributed by atoms with Gasteiger partial charge in [0.1, 0.15) is 0 Å². The summed E-state index contributed by atoms with van der Waals surface area (Å²) in [5.74, 6) is 0.817. The van der Waals surface area contributed by atoms with Crippen LogP contribution in [-0.2, 0) is 11.3 Å². The molecule has 0 saturated heterocycles. The number of nitrogens with zero attached hydrogens (tertiary/aromatic N) is 3. The van der Waals surface area contributed by atoms with Crippen molar-refractivity contribution >= 4 is 12.2 Å². The molecule has 5 nitrogen and oxygen atoms in total. The van der Waals surface area contributed by atoms with Gasteiger partial charge >= 0.3 is 0 Å². The van der Waals surface area contributed by atoms with Crippen molar-refractivity contribution in [2.75, 3.05) is 13.7 Å². The largest absolute Gasteiger partial charge is 0.383 e. The number of methoxy groups -OCH3 is 1. The maximum absolute atomic E-state index is 5.19. The quantitative estimate of drug-likeness (QED) is 0.843. The summed E-state index contributed by atoms with van der Waals surface area (Å²) in [6.07, 6.45) is 1.77. The number of hydrogen-bond acceptors (Lipinski definition) is 4. The number of nitrogens with one attached hydrogen (secondary N) is 1. The lowest BCUT2D eigenvalue weighted by molar-refractivity contribution is 0.187. The molecule has 0 unspecified atom stereocenters. The van der Waals surface area contributed by atoms with Crippen molar-refractivity contribution in [2.45, 2.75) is 13.5 Å². The van der Waals surface area contributed by atoms with Crippen molar-refractivity contribution < 1.29 is 4.74 Å². The van der Waals surface area contributed by atoms with Crippen molar-refractivity contribution in [2.24, 2.45) is 0 Å². The summed E-state index contributed by atoms with van der Waals surface area (Å²) in [5, 5.41) is 7.05. The van der Waals surface area contributed by atoms with Crippen LogP contribution in [0.2, 0.25) is 0 Å². The number of H-pyrrole nitrogens is 1. The topological polar surface area (TPSA) is 55.7 Å². The van der Waals surface area contributed by atoms with Crippen molar-refractivity contribution in [3.63, 3.8) is 0 Å². The number of hydrogen-bond donors (Lipinski definition) is 1. The van der Waals surface area contributed by atoms with Crippen LogP contribution in [0.1, 0.15) is 5.69 Å². The summed E-state index contributed by atoms with van der Waals surface area (Å²) in [5.41, 5.74) is 1.95. The van der Waals surface area contributed by atoms with Gasteiger partial charge in [-0.3, -0.25) is 14.6 Å². The molecule has 0 aliphatic carbocycles. The van der Waals surface area contributed by atoms with Gasteiger partial charge in [-0.15, -0.1) is 0 Å². The smallest absolute Gasteiger partial charge is 0.195 e.